The van der Waals surface area contributed by atoms with Crippen molar-refractivity contribution in [1.29, 1.82) is 0 Å². The molecule has 0 aliphatic carbocycles. The number of rotatable bonds is 6. The van der Waals surface area contributed by atoms with Gasteiger partial charge in [0.1, 0.15) is 0 Å². The molecule has 0 spiro atoms. The molecular formula is C15H24N2O3. The van der Waals surface area contributed by atoms with Gasteiger partial charge in [-0.2, -0.15) is 0 Å². The summed E-state index contributed by atoms with van der Waals surface area (Å²) in [6.07, 6.45) is 0. The molecule has 0 saturated heterocycles. The average Bonchev–Trinajstić information content (AvgIpc) is 2.36. The SMILES string of the molecule is CCOC(=O)c1ccc(N)c(N(CC)CC(C)(C)O)c1. The van der Waals surface area contributed by atoms with E-state index in [0.29, 0.717) is 30.9 Å². The summed E-state index contributed by atoms with van der Waals surface area (Å²) in [5, 5.41) is 9.96. The maximum Gasteiger partial charge on any atom is 0.338 e. The molecule has 5 nitrogen and oxygen atoms in total. The van der Waals surface area contributed by atoms with Gasteiger partial charge in [0.25, 0.3) is 0 Å². The van der Waals surface area contributed by atoms with E-state index in [1.54, 1.807) is 39.0 Å². The number of esters is 1. The first-order valence-electron chi connectivity index (χ1n) is 6.82. The fourth-order valence-corrected chi connectivity index (χ4v) is 1.99. The van der Waals surface area contributed by atoms with Crippen molar-refractivity contribution < 1.29 is 14.6 Å². The van der Waals surface area contributed by atoms with Crippen LogP contribution in [0, 0.1) is 0 Å². The van der Waals surface area contributed by atoms with Crippen LogP contribution in [0.5, 0.6) is 0 Å². The Morgan fingerprint density at radius 1 is 1.40 bits per heavy atom. The van der Waals surface area contributed by atoms with Gasteiger partial charge in [0.05, 0.1) is 29.1 Å². The minimum Gasteiger partial charge on any atom is -0.462 e. The molecule has 0 amide bonds. The van der Waals surface area contributed by atoms with Crippen LogP contribution in [0.4, 0.5) is 11.4 Å². The van der Waals surface area contributed by atoms with E-state index in [9.17, 15) is 9.90 Å². The Labute approximate surface area is 120 Å². The largest absolute Gasteiger partial charge is 0.462 e. The molecule has 0 aromatic heterocycles. The first-order valence-corrected chi connectivity index (χ1v) is 6.82. The molecule has 0 heterocycles. The number of aliphatic hydroxyl groups is 1. The summed E-state index contributed by atoms with van der Waals surface area (Å²) in [6, 6.07) is 5.05. The molecule has 1 aromatic carbocycles. The number of hydrogen-bond donors (Lipinski definition) is 2. The Balaban J connectivity index is 3.08. The molecule has 1 rings (SSSR count). The van der Waals surface area contributed by atoms with E-state index in [1.807, 2.05) is 11.8 Å². The Morgan fingerprint density at radius 3 is 2.55 bits per heavy atom. The van der Waals surface area contributed by atoms with Crippen LogP contribution in [0.15, 0.2) is 18.2 Å². The van der Waals surface area contributed by atoms with Crippen molar-refractivity contribution in [2.45, 2.75) is 33.3 Å². The number of nitrogens with two attached hydrogens (primary N) is 1. The predicted molar refractivity (Wildman–Crippen MR) is 81.0 cm³/mol. The summed E-state index contributed by atoms with van der Waals surface area (Å²) in [6.45, 7) is 8.66. The zero-order valence-corrected chi connectivity index (χ0v) is 12.6. The van der Waals surface area contributed by atoms with Gasteiger partial charge in [0.2, 0.25) is 0 Å². The molecule has 0 atom stereocenters. The highest BCUT2D eigenvalue weighted by atomic mass is 16.5. The number of nitrogen functional groups attached to an aromatic ring is 1. The van der Waals surface area contributed by atoms with E-state index in [2.05, 4.69) is 0 Å². The van der Waals surface area contributed by atoms with Crippen LogP contribution in [0.3, 0.4) is 0 Å². The normalized spacial score (nSPS) is 11.2. The number of carbonyl (C=O) groups is 1. The number of nitrogens with zero attached hydrogens (tertiary/aromatic N) is 1. The van der Waals surface area contributed by atoms with Gasteiger partial charge in [-0.05, 0) is 45.9 Å². The van der Waals surface area contributed by atoms with Crippen molar-refractivity contribution >= 4 is 17.3 Å². The van der Waals surface area contributed by atoms with Crippen LogP contribution in [0.25, 0.3) is 0 Å². The lowest BCUT2D eigenvalue weighted by molar-refractivity contribution is 0.0526. The molecule has 0 aliphatic rings. The molecule has 0 fully saturated rings. The van der Waals surface area contributed by atoms with Gasteiger partial charge in [-0.3, -0.25) is 0 Å². The van der Waals surface area contributed by atoms with Crippen LogP contribution in [0.2, 0.25) is 0 Å². The fourth-order valence-electron chi connectivity index (χ4n) is 1.99. The monoisotopic (exact) mass is 280 g/mol. The third kappa shape index (κ3) is 4.42. The Morgan fingerprint density at radius 2 is 2.05 bits per heavy atom. The Bertz CT molecular complexity index is 467. The minimum absolute atomic E-state index is 0.333. The van der Waals surface area contributed by atoms with Crippen LogP contribution >= 0.6 is 0 Å². The highest BCUT2D eigenvalue weighted by Crippen LogP contribution is 2.26. The smallest absolute Gasteiger partial charge is 0.338 e. The van der Waals surface area contributed by atoms with Crippen molar-refractivity contribution in [3.63, 3.8) is 0 Å². The quantitative estimate of drug-likeness (QED) is 0.616. The van der Waals surface area contributed by atoms with Crippen LogP contribution < -0.4 is 10.6 Å². The Hall–Kier alpha value is -1.75. The summed E-state index contributed by atoms with van der Waals surface area (Å²) in [5.41, 5.74) is 6.91. The third-order valence-electron chi connectivity index (χ3n) is 2.84. The Kier molecular flexibility index (Phi) is 5.39. The number of anilines is 2. The zero-order chi connectivity index (χ0) is 15.3. The minimum atomic E-state index is -0.845. The molecule has 20 heavy (non-hydrogen) atoms. The second-order valence-electron chi connectivity index (χ2n) is 5.32. The number of carbonyl (C=O) groups excluding carboxylic acids is 1. The molecule has 0 radical (unpaired) electrons. The van der Waals surface area contributed by atoms with Crippen LogP contribution in [-0.4, -0.2) is 36.4 Å². The number of ether oxygens (including phenoxy) is 1. The third-order valence-corrected chi connectivity index (χ3v) is 2.84. The molecule has 5 heteroatoms. The lowest BCUT2D eigenvalue weighted by Gasteiger charge is -2.31. The summed E-state index contributed by atoms with van der Waals surface area (Å²) in [7, 11) is 0. The van der Waals surface area contributed by atoms with Crippen molar-refractivity contribution in [2.24, 2.45) is 0 Å². The highest BCUT2D eigenvalue weighted by Gasteiger charge is 2.20. The molecule has 0 unspecified atom stereocenters. The number of likely N-dealkylation sites (N-methyl/N-ethyl adjacent to an activating group) is 1. The molecule has 0 bridgehead atoms. The van der Waals surface area contributed by atoms with Crippen molar-refractivity contribution in [1.82, 2.24) is 0 Å². The van der Waals surface area contributed by atoms with E-state index in [0.717, 1.165) is 5.69 Å². The molecular weight excluding hydrogens is 256 g/mol. The van der Waals surface area contributed by atoms with Gasteiger partial charge in [-0.1, -0.05) is 0 Å². The second-order valence-corrected chi connectivity index (χ2v) is 5.32. The number of benzene rings is 1. The van der Waals surface area contributed by atoms with Crippen molar-refractivity contribution in [2.75, 3.05) is 30.3 Å². The molecule has 112 valence electrons. The van der Waals surface area contributed by atoms with Crippen LogP contribution in [0.1, 0.15) is 38.1 Å². The van der Waals surface area contributed by atoms with Crippen molar-refractivity contribution in [3.05, 3.63) is 23.8 Å². The summed E-state index contributed by atoms with van der Waals surface area (Å²) < 4.78 is 4.99. The molecule has 0 aliphatic heterocycles. The van der Waals surface area contributed by atoms with Gasteiger partial charge in [-0.15, -0.1) is 0 Å². The summed E-state index contributed by atoms with van der Waals surface area (Å²) >= 11 is 0. The van der Waals surface area contributed by atoms with Gasteiger partial charge < -0.3 is 20.5 Å². The summed E-state index contributed by atoms with van der Waals surface area (Å²) in [4.78, 5) is 13.7. The lowest BCUT2D eigenvalue weighted by atomic mass is 10.1. The average molecular weight is 280 g/mol. The van der Waals surface area contributed by atoms with Gasteiger partial charge in [-0.25, -0.2) is 4.79 Å². The molecule has 3 N–H and O–H groups in total. The topological polar surface area (TPSA) is 75.8 Å². The first kappa shape index (κ1) is 16.3. The standard InChI is InChI=1S/C15H24N2O3/c1-5-17(10-15(3,4)19)13-9-11(7-8-12(13)16)14(18)20-6-2/h7-9,19H,5-6,10,16H2,1-4H3. The van der Waals surface area contributed by atoms with Gasteiger partial charge in [0.15, 0.2) is 0 Å². The summed E-state index contributed by atoms with van der Waals surface area (Å²) in [5.74, 6) is -0.368. The van der Waals surface area contributed by atoms with Gasteiger partial charge >= 0.3 is 5.97 Å². The maximum atomic E-state index is 11.8. The second kappa shape index (κ2) is 6.61. The number of hydrogen-bond acceptors (Lipinski definition) is 5. The maximum absolute atomic E-state index is 11.8. The van der Waals surface area contributed by atoms with Crippen LogP contribution in [-0.2, 0) is 4.74 Å². The van der Waals surface area contributed by atoms with E-state index in [4.69, 9.17) is 10.5 Å². The van der Waals surface area contributed by atoms with Crippen molar-refractivity contribution in [3.8, 4) is 0 Å². The zero-order valence-electron chi connectivity index (χ0n) is 12.6. The van der Waals surface area contributed by atoms with E-state index in [1.165, 1.54) is 0 Å². The highest BCUT2D eigenvalue weighted by molar-refractivity contribution is 5.92. The predicted octanol–water partition coefficient (Wildman–Crippen LogP) is 2.04. The lowest BCUT2D eigenvalue weighted by Crippen LogP contribution is -2.39. The molecule has 1 aromatic rings. The fraction of sp³-hybridized carbons (Fsp3) is 0.533. The first-order chi connectivity index (χ1) is 9.28. The van der Waals surface area contributed by atoms with Gasteiger partial charge in [0, 0.05) is 13.1 Å². The van der Waals surface area contributed by atoms with E-state index >= 15 is 0 Å². The van der Waals surface area contributed by atoms with E-state index < -0.39 is 5.60 Å². The molecule has 0 saturated carbocycles. The van der Waals surface area contributed by atoms with E-state index in [-0.39, 0.29) is 5.97 Å².